The van der Waals surface area contributed by atoms with E-state index in [1.165, 1.54) is 18.2 Å². The number of hydrogen-bond donors (Lipinski definition) is 0. The molecule has 0 aliphatic carbocycles. The minimum Gasteiger partial charge on any atom is -0.258 e. The molecule has 0 amide bonds. The van der Waals surface area contributed by atoms with Crippen LogP contribution in [-0.4, -0.2) is 4.92 Å². The Kier molecular flexibility index (Phi) is 3.77. The lowest BCUT2D eigenvalue weighted by Crippen LogP contribution is -1.92. The van der Waals surface area contributed by atoms with Gasteiger partial charge in [-0.2, -0.15) is 0 Å². The predicted molar refractivity (Wildman–Crippen MR) is 58.9 cm³/mol. The molecule has 0 aliphatic heterocycles. The van der Waals surface area contributed by atoms with E-state index in [-0.39, 0.29) is 5.69 Å². The largest absolute Gasteiger partial charge is 0.279 e. The van der Waals surface area contributed by atoms with Crippen molar-refractivity contribution in [3.63, 3.8) is 0 Å². The van der Waals surface area contributed by atoms with Gasteiger partial charge in [0.25, 0.3) is 5.69 Å². The summed E-state index contributed by atoms with van der Waals surface area (Å²) in [5.74, 6) is -0.625. The van der Waals surface area contributed by atoms with E-state index >= 15 is 0 Å². The lowest BCUT2D eigenvalue weighted by atomic mass is 10.2. The first kappa shape index (κ1) is 11.3. The van der Waals surface area contributed by atoms with Crippen LogP contribution in [0.25, 0.3) is 6.08 Å². The van der Waals surface area contributed by atoms with Gasteiger partial charge < -0.3 is 0 Å². The van der Waals surface area contributed by atoms with E-state index in [9.17, 15) is 14.5 Å². The van der Waals surface area contributed by atoms with E-state index in [2.05, 4.69) is 31.9 Å². The van der Waals surface area contributed by atoms with Crippen molar-refractivity contribution in [1.29, 1.82) is 0 Å². The first-order valence-corrected chi connectivity index (χ1v) is 5.06. The smallest absolute Gasteiger partial charge is 0.258 e. The Morgan fingerprint density at radius 2 is 2.14 bits per heavy atom. The zero-order chi connectivity index (χ0) is 10.7. The molecule has 74 valence electrons. The van der Waals surface area contributed by atoms with Crippen LogP contribution in [0.4, 0.5) is 10.1 Å². The van der Waals surface area contributed by atoms with Gasteiger partial charge in [0, 0.05) is 0 Å². The van der Waals surface area contributed by atoms with Gasteiger partial charge in [-0.15, -0.1) is 0 Å². The van der Waals surface area contributed by atoms with Gasteiger partial charge in [0.1, 0.15) is 5.82 Å². The molecule has 0 radical (unpaired) electrons. The Bertz CT molecular complexity index is 402. The fourth-order valence-electron chi connectivity index (χ4n) is 0.915. The van der Waals surface area contributed by atoms with Crippen LogP contribution in [0.1, 0.15) is 5.56 Å². The molecule has 1 aromatic rings. The maximum Gasteiger partial charge on any atom is 0.279 e. The molecule has 0 saturated carbocycles. The highest BCUT2D eigenvalue weighted by Gasteiger charge is 2.12. The van der Waals surface area contributed by atoms with E-state index in [1.807, 2.05) is 0 Å². The van der Waals surface area contributed by atoms with Crippen molar-refractivity contribution < 1.29 is 9.31 Å². The molecule has 1 rings (SSSR count). The average molecular weight is 325 g/mol. The topological polar surface area (TPSA) is 43.1 Å². The number of halogens is 3. The van der Waals surface area contributed by atoms with Gasteiger partial charge in [0.2, 0.25) is 0 Å². The second-order valence-corrected chi connectivity index (χ2v) is 5.17. The molecule has 0 atom stereocenters. The average Bonchev–Trinajstić information content (AvgIpc) is 2.07. The van der Waals surface area contributed by atoms with Crippen LogP contribution >= 0.6 is 31.9 Å². The number of hydrogen-bond acceptors (Lipinski definition) is 2. The summed E-state index contributed by atoms with van der Waals surface area (Å²) in [6.07, 6.45) is 1.48. The Morgan fingerprint density at radius 1 is 1.50 bits per heavy atom. The van der Waals surface area contributed by atoms with E-state index in [0.29, 0.717) is 8.96 Å². The minimum atomic E-state index is -0.627. The third-order valence-corrected chi connectivity index (χ3v) is 1.91. The molecule has 6 heteroatoms. The molecule has 0 heterocycles. The summed E-state index contributed by atoms with van der Waals surface area (Å²) in [7, 11) is 0. The van der Waals surface area contributed by atoms with Gasteiger partial charge in [-0.05, 0) is 50.1 Å². The second kappa shape index (κ2) is 4.65. The molecular formula is C8H4Br2FNO2. The monoisotopic (exact) mass is 323 g/mol. The molecule has 1 aromatic carbocycles. The summed E-state index contributed by atoms with van der Waals surface area (Å²) < 4.78 is 13.3. The van der Waals surface area contributed by atoms with Crippen LogP contribution in [0, 0.1) is 15.9 Å². The molecule has 14 heavy (non-hydrogen) atoms. The van der Waals surface area contributed by atoms with Crippen molar-refractivity contribution in [2.24, 2.45) is 0 Å². The zero-order valence-corrected chi connectivity index (χ0v) is 9.88. The number of rotatable bonds is 2. The van der Waals surface area contributed by atoms with Crippen LogP contribution in [-0.2, 0) is 0 Å². The molecule has 0 aromatic heterocycles. The third-order valence-electron chi connectivity index (χ3n) is 1.45. The van der Waals surface area contributed by atoms with Crippen LogP contribution < -0.4 is 0 Å². The number of nitro groups is 1. The van der Waals surface area contributed by atoms with Gasteiger partial charge in [0.05, 0.1) is 19.9 Å². The third kappa shape index (κ3) is 2.88. The fraction of sp³-hybridized carbons (Fsp3) is 0. The van der Waals surface area contributed by atoms with Gasteiger partial charge >= 0.3 is 0 Å². The maximum absolute atomic E-state index is 12.7. The van der Waals surface area contributed by atoms with Gasteiger partial charge in [-0.1, -0.05) is 0 Å². The summed E-state index contributed by atoms with van der Waals surface area (Å²) in [5, 5.41) is 10.5. The van der Waals surface area contributed by atoms with Gasteiger partial charge in [0.15, 0.2) is 0 Å². The molecule has 0 saturated heterocycles. The highest BCUT2D eigenvalue weighted by Crippen LogP contribution is 2.25. The number of nitro benzene ring substituents is 1. The van der Waals surface area contributed by atoms with E-state index in [4.69, 9.17) is 0 Å². The van der Waals surface area contributed by atoms with Gasteiger partial charge in [-0.3, -0.25) is 10.1 Å². The van der Waals surface area contributed by atoms with Crippen molar-refractivity contribution in [3.05, 3.63) is 43.1 Å². The molecule has 0 unspecified atom stereocenters. The van der Waals surface area contributed by atoms with Crippen molar-refractivity contribution in [3.8, 4) is 0 Å². The Morgan fingerprint density at radius 3 is 2.64 bits per heavy atom. The minimum absolute atomic E-state index is 0.263. The van der Waals surface area contributed by atoms with Crippen LogP contribution in [0.2, 0.25) is 0 Å². The van der Waals surface area contributed by atoms with Gasteiger partial charge in [-0.25, -0.2) is 4.39 Å². The molecule has 0 bridgehead atoms. The van der Waals surface area contributed by atoms with Crippen LogP contribution in [0.5, 0.6) is 0 Å². The maximum atomic E-state index is 12.7. The molecule has 0 spiro atoms. The predicted octanol–water partition coefficient (Wildman–Crippen LogP) is 3.82. The Hall–Kier alpha value is -0.750. The van der Waals surface area contributed by atoms with Crippen molar-refractivity contribution >= 4 is 43.6 Å². The quantitative estimate of drug-likeness (QED) is 0.613. The standard InChI is InChI=1S/C8H4Br2FNO2/c9-8(10)3-5-1-2-6(11)4-7(5)12(13)14/h1-4H. The van der Waals surface area contributed by atoms with Crippen LogP contribution in [0.15, 0.2) is 21.6 Å². The molecule has 0 N–H and O–H groups in total. The lowest BCUT2D eigenvalue weighted by molar-refractivity contribution is -0.385. The molecule has 0 aliphatic rings. The van der Waals surface area contributed by atoms with Crippen molar-refractivity contribution in [2.45, 2.75) is 0 Å². The highest BCUT2D eigenvalue weighted by atomic mass is 79.9. The lowest BCUT2D eigenvalue weighted by Gasteiger charge is -1.97. The first-order chi connectivity index (χ1) is 6.50. The Labute approximate surface area is 96.0 Å². The van der Waals surface area contributed by atoms with E-state index < -0.39 is 10.7 Å². The Balaban J connectivity index is 3.29. The second-order valence-electron chi connectivity index (χ2n) is 2.39. The number of benzene rings is 1. The summed E-state index contributed by atoms with van der Waals surface area (Å²) in [6, 6.07) is 3.40. The number of nitrogens with zero attached hydrogens (tertiary/aromatic N) is 1. The van der Waals surface area contributed by atoms with Crippen molar-refractivity contribution in [1.82, 2.24) is 0 Å². The first-order valence-electron chi connectivity index (χ1n) is 3.47. The van der Waals surface area contributed by atoms with E-state index in [0.717, 1.165) is 6.07 Å². The molecule has 3 nitrogen and oxygen atoms in total. The zero-order valence-electron chi connectivity index (χ0n) is 6.71. The summed E-state index contributed by atoms with van der Waals surface area (Å²) in [5.41, 5.74) is 0.0709. The highest BCUT2D eigenvalue weighted by molar-refractivity contribution is 9.28. The fourth-order valence-corrected chi connectivity index (χ4v) is 1.41. The van der Waals surface area contributed by atoms with E-state index in [1.54, 1.807) is 0 Å². The SMILES string of the molecule is O=[N+]([O-])c1cc(F)ccc1C=C(Br)Br. The normalized spacial score (nSPS) is 9.64. The van der Waals surface area contributed by atoms with Crippen LogP contribution in [0.3, 0.4) is 0 Å². The summed E-state index contributed by atoms with van der Waals surface area (Å²) in [4.78, 5) is 9.91. The van der Waals surface area contributed by atoms with Crippen molar-refractivity contribution in [2.75, 3.05) is 0 Å². The summed E-state index contributed by atoms with van der Waals surface area (Å²) in [6.45, 7) is 0. The summed E-state index contributed by atoms with van der Waals surface area (Å²) >= 11 is 6.15. The molecular weight excluding hydrogens is 321 g/mol. The molecule has 0 fully saturated rings.